The van der Waals surface area contributed by atoms with Crippen molar-refractivity contribution >= 4 is 6.01 Å². The van der Waals surface area contributed by atoms with Gasteiger partial charge in [-0.05, 0) is 32.4 Å². The molecule has 0 bridgehead atoms. The third-order valence-electron chi connectivity index (χ3n) is 4.45. The van der Waals surface area contributed by atoms with Gasteiger partial charge in [-0.25, -0.2) is 0 Å². The number of hydrogen-bond acceptors (Lipinski definition) is 5. The monoisotopic (exact) mass is 278 g/mol. The molecule has 2 aliphatic rings. The maximum atomic E-state index is 5.65. The van der Waals surface area contributed by atoms with Crippen LogP contribution in [0.15, 0.2) is 10.7 Å². The molecule has 1 aliphatic heterocycles. The fraction of sp³-hybridized carbons (Fsp3) is 0.800. The molecule has 20 heavy (non-hydrogen) atoms. The number of oxazole rings is 1. The fourth-order valence-electron chi connectivity index (χ4n) is 3.01. The summed E-state index contributed by atoms with van der Waals surface area (Å²) in [5, 5.41) is 3.47. The second kappa shape index (κ2) is 6.14. The molecule has 1 atom stereocenters. The van der Waals surface area contributed by atoms with Crippen molar-refractivity contribution in [2.24, 2.45) is 0 Å². The molecule has 1 saturated heterocycles. The lowest BCUT2D eigenvalue weighted by Gasteiger charge is -2.25. The molecule has 1 aliphatic carbocycles. The Morgan fingerprint density at radius 1 is 1.35 bits per heavy atom. The van der Waals surface area contributed by atoms with E-state index in [1.165, 1.54) is 19.3 Å². The van der Waals surface area contributed by atoms with Crippen LogP contribution in [0, 0.1) is 0 Å². The summed E-state index contributed by atoms with van der Waals surface area (Å²) >= 11 is 0. The van der Waals surface area contributed by atoms with E-state index in [4.69, 9.17) is 4.42 Å². The van der Waals surface area contributed by atoms with E-state index in [1.54, 1.807) is 6.26 Å². The van der Waals surface area contributed by atoms with Gasteiger partial charge in [0.05, 0.1) is 5.69 Å². The molecule has 1 unspecified atom stereocenters. The van der Waals surface area contributed by atoms with Crippen LogP contribution in [0.3, 0.4) is 0 Å². The molecular weight excluding hydrogens is 252 g/mol. The zero-order valence-electron chi connectivity index (χ0n) is 12.6. The summed E-state index contributed by atoms with van der Waals surface area (Å²) in [5.74, 6) is 0. The predicted molar refractivity (Wildman–Crippen MR) is 79.9 cm³/mol. The van der Waals surface area contributed by atoms with Crippen molar-refractivity contribution in [3.05, 3.63) is 12.0 Å². The molecule has 0 amide bonds. The second-order valence-electron chi connectivity index (χ2n) is 5.89. The molecule has 112 valence electrons. The molecule has 0 radical (unpaired) electrons. The lowest BCUT2D eigenvalue weighted by Crippen LogP contribution is -2.37. The minimum atomic E-state index is 0.643. The summed E-state index contributed by atoms with van der Waals surface area (Å²) in [4.78, 5) is 9.42. The third-order valence-corrected chi connectivity index (χ3v) is 4.45. The molecule has 3 rings (SSSR count). The maximum Gasteiger partial charge on any atom is 0.297 e. The van der Waals surface area contributed by atoms with Crippen molar-refractivity contribution in [1.82, 2.24) is 15.2 Å². The lowest BCUT2D eigenvalue weighted by molar-refractivity contribution is 0.232. The van der Waals surface area contributed by atoms with Gasteiger partial charge in [0.25, 0.3) is 6.01 Å². The van der Waals surface area contributed by atoms with Crippen LogP contribution in [0.25, 0.3) is 0 Å². The molecule has 1 aromatic heterocycles. The van der Waals surface area contributed by atoms with Crippen molar-refractivity contribution in [2.45, 2.75) is 51.7 Å². The van der Waals surface area contributed by atoms with E-state index < -0.39 is 0 Å². The Kier molecular flexibility index (Phi) is 4.27. The van der Waals surface area contributed by atoms with Gasteiger partial charge in [-0.3, -0.25) is 4.90 Å². The van der Waals surface area contributed by atoms with Gasteiger partial charge in [-0.1, -0.05) is 13.8 Å². The largest absolute Gasteiger partial charge is 0.432 e. The van der Waals surface area contributed by atoms with E-state index in [0.29, 0.717) is 12.1 Å². The van der Waals surface area contributed by atoms with E-state index in [2.05, 4.69) is 33.9 Å². The van der Waals surface area contributed by atoms with Crippen molar-refractivity contribution in [3.63, 3.8) is 0 Å². The minimum absolute atomic E-state index is 0.643. The summed E-state index contributed by atoms with van der Waals surface area (Å²) in [5.41, 5.74) is 1.03. The van der Waals surface area contributed by atoms with Crippen LogP contribution < -0.4 is 10.2 Å². The highest BCUT2D eigenvalue weighted by molar-refractivity contribution is 5.29. The van der Waals surface area contributed by atoms with Gasteiger partial charge in [-0.15, -0.1) is 0 Å². The van der Waals surface area contributed by atoms with E-state index in [9.17, 15) is 0 Å². The van der Waals surface area contributed by atoms with Gasteiger partial charge < -0.3 is 14.6 Å². The highest BCUT2D eigenvalue weighted by Crippen LogP contribution is 2.23. The first-order chi connectivity index (χ1) is 9.80. The van der Waals surface area contributed by atoms with Crippen LogP contribution in [0.5, 0.6) is 0 Å². The van der Waals surface area contributed by atoms with E-state index >= 15 is 0 Å². The van der Waals surface area contributed by atoms with Crippen molar-refractivity contribution in [3.8, 4) is 0 Å². The Labute approximate surface area is 121 Å². The van der Waals surface area contributed by atoms with Crippen molar-refractivity contribution < 1.29 is 4.42 Å². The normalized spacial score (nSPS) is 22.9. The molecule has 0 aromatic carbocycles. The van der Waals surface area contributed by atoms with Crippen LogP contribution in [-0.4, -0.2) is 48.1 Å². The zero-order valence-corrected chi connectivity index (χ0v) is 12.6. The number of nitrogens with zero attached hydrogens (tertiary/aromatic N) is 3. The summed E-state index contributed by atoms with van der Waals surface area (Å²) < 4.78 is 5.65. The summed E-state index contributed by atoms with van der Waals surface area (Å²) in [6.45, 7) is 9.64. The van der Waals surface area contributed by atoms with Crippen LogP contribution >= 0.6 is 0 Å². The number of hydrogen-bond donors (Lipinski definition) is 1. The molecule has 2 fully saturated rings. The molecule has 1 aromatic rings. The molecule has 2 heterocycles. The predicted octanol–water partition coefficient (Wildman–Crippen LogP) is 1.85. The zero-order chi connectivity index (χ0) is 13.9. The third kappa shape index (κ3) is 3.15. The Bertz CT molecular complexity index is 425. The van der Waals surface area contributed by atoms with Gasteiger partial charge in [0.15, 0.2) is 0 Å². The highest BCUT2D eigenvalue weighted by Gasteiger charge is 2.28. The number of nitrogens with one attached hydrogen (secondary N) is 1. The Morgan fingerprint density at radius 3 is 2.85 bits per heavy atom. The molecule has 1 saturated carbocycles. The number of anilines is 1. The SMILES string of the molecule is CCN(CC)C1CCN(c2nc(CNC3CC3)co2)C1. The summed E-state index contributed by atoms with van der Waals surface area (Å²) in [6, 6.07) is 2.16. The van der Waals surface area contributed by atoms with E-state index in [-0.39, 0.29) is 0 Å². The van der Waals surface area contributed by atoms with Crippen molar-refractivity contribution in [2.75, 3.05) is 31.1 Å². The van der Waals surface area contributed by atoms with Crippen molar-refractivity contribution in [1.29, 1.82) is 0 Å². The second-order valence-corrected chi connectivity index (χ2v) is 5.89. The van der Waals surface area contributed by atoms with E-state index in [0.717, 1.165) is 44.4 Å². The van der Waals surface area contributed by atoms with Gasteiger partial charge in [0.2, 0.25) is 0 Å². The van der Waals surface area contributed by atoms with Gasteiger partial charge in [-0.2, -0.15) is 4.98 Å². The number of likely N-dealkylation sites (N-methyl/N-ethyl adjacent to an activating group) is 1. The average Bonchev–Trinajstić information content (AvgIpc) is 2.98. The van der Waals surface area contributed by atoms with Crippen LogP contribution in [-0.2, 0) is 6.54 Å². The van der Waals surface area contributed by atoms with Gasteiger partial charge in [0.1, 0.15) is 6.26 Å². The standard InChI is InChI=1S/C15H26N4O/c1-3-18(4-2)14-7-8-19(10-14)15-17-13(11-20-15)9-16-12-5-6-12/h11-12,14,16H,3-10H2,1-2H3. The number of aromatic nitrogens is 1. The smallest absolute Gasteiger partial charge is 0.297 e. The highest BCUT2D eigenvalue weighted by atomic mass is 16.4. The fourth-order valence-corrected chi connectivity index (χ4v) is 3.01. The van der Waals surface area contributed by atoms with Crippen LogP contribution in [0.2, 0.25) is 0 Å². The topological polar surface area (TPSA) is 44.5 Å². The summed E-state index contributed by atoms with van der Waals surface area (Å²) in [6.07, 6.45) is 5.62. The molecule has 5 heteroatoms. The van der Waals surface area contributed by atoms with Crippen LogP contribution in [0.4, 0.5) is 6.01 Å². The van der Waals surface area contributed by atoms with Gasteiger partial charge in [0, 0.05) is 31.7 Å². The minimum Gasteiger partial charge on any atom is -0.432 e. The first kappa shape index (κ1) is 13.9. The summed E-state index contributed by atoms with van der Waals surface area (Å²) in [7, 11) is 0. The maximum absolute atomic E-state index is 5.65. The molecular formula is C15H26N4O. The Balaban J connectivity index is 1.54. The molecule has 1 N–H and O–H groups in total. The Morgan fingerprint density at radius 2 is 2.15 bits per heavy atom. The first-order valence-corrected chi connectivity index (χ1v) is 7.97. The Hall–Kier alpha value is -1.07. The molecule has 0 spiro atoms. The lowest BCUT2D eigenvalue weighted by atomic mass is 10.2. The molecule has 5 nitrogen and oxygen atoms in total. The number of rotatable bonds is 7. The van der Waals surface area contributed by atoms with E-state index in [1.807, 2.05) is 0 Å². The van der Waals surface area contributed by atoms with Gasteiger partial charge >= 0.3 is 0 Å². The van der Waals surface area contributed by atoms with Crippen LogP contribution in [0.1, 0.15) is 38.8 Å². The quantitative estimate of drug-likeness (QED) is 0.824. The average molecular weight is 278 g/mol. The first-order valence-electron chi connectivity index (χ1n) is 7.97.